The number of rotatable bonds is 5. The van der Waals surface area contributed by atoms with Gasteiger partial charge in [-0.15, -0.1) is 0 Å². The van der Waals surface area contributed by atoms with Crippen molar-refractivity contribution >= 4 is 21.8 Å². The summed E-state index contributed by atoms with van der Waals surface area (Å²) in [6, 6.07) is 10.3. The Labute approximate surface area is 134 Å². The van der Waals surface area contributed by atoms with E-state index >= 15 is 0 Å². The highest BCUT2D eigenvalue weighted by atomic mass is 79.9. The van der Waals surface area contributed by atoms with E-state index < -0.39 is 0 Å². The van der Waals surface area contributed by atoms with Gasteiger partial charge in [0, 0.05) is 30.8 Å². The highest BCUT2D eigenvalue weighted by molar-refractivity contribution is 9.10. The first kappa shape index (κ1) is 15.8. The van der Waals surface area contributed by atoms with E-state index in [-0.39, 0.29) is 5.91 Å². The van der Waals surface area contributed by atoms with Crippen molar-refractivity contribution in [2.75, 3.05) is 7.05 Å². The van der Waals surface area contributed by atoms with Gasteiger partial charge >= 0.3 is 0 Å². The van der Waals surface area contributed by atoms with Gasteiger partial charge in [-0.05, 0) is 46.5 Å². The molecule has 0 saturated heterocycles. The van der Waals surface area contributed by atoms with Crippen LogP contribution in [0.25, 0.3) is 0 Å². The third kappa shape index (κ3) is 3.76. The molecule has 0 aliphatic carbocycles. The zero-order chi connectivity index (χ0) is 15.4. The van der Waals surface area contributed by atoms with Crippen LogP contribution in [0.5, 0.6) is 0 Å². The van der Waals surface area contributed by atoms with Crippen LogP contribution in [-0.2, 0) is 19.5 Å². The van der Waals surface area contributed by atoms with E-state index in [0.29, 0.717) is 6.54 Å². The van der Waals surface area contributed by atoms with Crippen molar-refractivity contribution < 1.29 is 4.79 Å². The topological polar surface area (TPSA) is 25.2 Å². The van der Waals surface area contributed by atoms with Crippen LogP contribution in [0, 0.1) is 0 Å². The summed E-state index contributed by atoms with van der Waals surface area (Å²) in [6.45, 7) is 5.58. The Bertz CT molecular complexity index is 616. The zero-order valence-electron chi connectivity index (χ0n) is 12.8. The molecule has 3 nitrogen and oxygen atoms in total. The van der Waals surface area contributed by atoms with Crippen molar-refractivity contribution in [3.63, 3.8) is 0 Å². The molecule has 2 aromatic rings. The molecule has 0 spiro atoms. The molecule has 1 heterocycles. The Morgan fingerprint density at radius 3 is 2.38 bits per heavy atom. The molecule has 0 bridgehead atoms. The van der Waals surface area contributed by atoms with Gasteiger partial charge in [-0.3, -0.25) is 4.79 Å². The molecular formula is C17H21BrN2O. The lowest BCUT2D eigenvalue weighted by atomic mass is 10.1. The first-order valence-electron chi connectivity index (χ1n) is 7.24. The van der Waals surface area contributed by atoms with Gasteiger partial charge in [-0.25, -0.2) is 0 Å². The van der Waals surface area contributed by atoms with Gasteiger partial charge in [-0.1, -0.05) is 31.2 Å². The zero-order valence-corrected chi connectivity index (χ0v) is 14.4. The second kappa shape index (κ2) is 6.94. The van der Waals surface area contributed by atoms with E-state index in [1.165, 1.54) is 5.56 Å². The molecule has 0 radical (unpaired) electrons. The Kier molecular flexibility index (Phi) is 5.23. The number of carbonyl (C=O) groups is 1. The molecule has 21 heavy (non-hydrogen) atoms. The van der Waals surface area contributed by atoms with Crippen molar-refractivity contribution in [1.29, 1.82) is 0 Å². The van der Waals surface area contributed by atoms with Crippen molar-refractivity contribution in [3.8, 4) is 0 Å². The number of benzene rings is 1. The van der Waals surface area contributed by atoms with Crippen LogP contribution < -0.4 is 0 Å². The van der Waals surface area contributed by atoms with Crippen molar-refractivity contribution in [2.45, 2.75) is 33.4 Å². The van der Waals surface area contributed by atoms with Gasteiger partial charge in [-0.2, -0.15) is 0 Å². The molecule has 1 amide bonds. The minimum atomic E-state index is 0.0436. The smallest absolute Gasteiger partial charge is 0.270 e. The lowest BCUT2D eigenvalue weighted by molar-refractivity contribution is 0.0774. The van der Waals surface area contributed by atoms with Gasteiger partial charge in [0.25, 0.3) is 5.91 Å². The van der Waals surface area contributed by atoms with Crippen LogP contribution in [0.2, 0.25) is 0 Å². The summed E-state index contributed by atoms with van der Waals surface area (Å²) in [5.74, 6) is 0.0436. The molecule has 0 unspecified atom stereocenters. The standard InChI is InChI=1S/C17H21BrN2O/c1-4-13-6-8-14(9-7-13)11-19(3)17(21)16-10-15(18)12-20(16)5-2/h6-10,12H,4-5,11H2,1-3H3. The Morgan fingerprint density at radius 1 is 1.19 bits per heavy atom. The molecule has 0 saturated carbocycles. The van der Waals surface area contributed by atoms with E-state index in [4.69, 9.17) is 0 Å². The number of hydrogen-bond acceptors (Lipinski definition) is 1. The van der Waals surface area contributed by atoms with Crippen LogP contribution in [0.3, 0.4) is 0 Å². The van der Waals surface area contributed by atoms with E-state index in [2.05, 4.69) is 47.1 Å². The minimum absolute atomic E-state index is 0.0436. The van der Waals surface area contributed by atoms with E-state index in [9.17, 15) is 4.79 Å². The third-order valence-corrected chi connectivity index (χ3v) is 4.05. The average molecular weight is 349 g/mol. The fourth-order valence-corrected chi connectivity index (χ4v) is 2.80. The number of halogens is 1. The van der Waals surface area contributed by atoms with E-state index in [0.717, 1.165) is 28.7 Å². The first-order chi connectivity index (χ1) is 10.0. The Balaban J connectivity index is 2.11. The summed E-state index contributed by atoms with van der Waals surface area (Å²) in [5, 5.41) is 0. The quantitative estimate of drug-likeness (QED) is 0.798. The van der Waals surface area contributed by atoms with Crippen LogP contribution in [0.1, 0.15) is 35.5 Å². The summed E-state index contributed by atoms with van der Waals surface area (Å²) < 4.78 is 2.90. The van der Waals surface area contributed by atoms with Crippen LogP contribution in [0.4, 0.5) is 0 Å². The van der Waals surface area contributed by atoms with Crippen molar-refractivity contribution in [2.24, 2.45) is 0 Å². The summed E-state index contributed by atoms with van der Waals surface area (Å²) in [5.41, 5.74) is 3.19. The lowest BCUT2D eigenvalue weighted by Gasteiger charge is -2.18. The monoisotopic (exact) mass is 348 g/mol. The Hall–Kier alpha value is -1.55. The predicted octanol–water partition coefficient (Wildman–Crippen LogP) is 4.11. The van der Waals surface area contributed by atoms with Crippen LogP contribution in [-0.4, -0.2) is 22.4 Å². The molecule has 4 heteroatoms. The maximum absolute atomic E-state index is 12.5. The number of nitrogens with zero attached hydrogens (tertiary/aromatic N) is 2. The molecule has 1 aromatic carbocycles. The average Bonchev–Trinajstić information content (AvgIpc) is 2.88. The highest BCUT2D eigenvalue weighted by Crippen LogP contribution is 2.17. The molecule has 0 atom stereocenters. The van der Waals surface area contributed by atoms with Gasteiger partial charge in [0.15, 0.2) is 0 Å². The van der Waals surface area contributed by atoms with Gasteiger partial charge in [0.2, 0.25) is 0 Å². The number of hydrogen-bond donors (Lipinski definition) is 0. The van der Waals surface area contributed by atoms with Gasteiger partial charge in [0.05, 0.1) is 0 Å². The molecule has 2 rings (SSSR count). The lowest BCUT2D eigenvalue weighted by Crippen LogP contribution is -2.28. The van der Waals surface area contributed by atoms with E-state index in [1.54, 1.807) is 4.90 Å². The van der Waals surface area contributed by atoms with Crippen LogP contribution >= 0.6 is 15.9 Å². The molecule has 112 valence electrons. The maximum atomic E-state index is 12.5. The summed E-state index contributed by atoms with van der Waals surface area (Å²) in [7, 11) is 1.84. The minimum Gasteiger partial charge on any atom is -0.343 e. The number of aromatic nitrogens is 1. The van der Waals surface area contributed by atoms with Crippen molar-refractivity contribution in [1.82, 2.24) is 9.47 Å². The largest absolute Gasteiger partial charge is 0.343 e. The second-order valence-electron chi connectivity index (χ2n) is 5.16. The summed E-state index contributed by atoms with van der Waals surface area (Å²) >= 11 is 3.43. The molecule has 0 aliphatic rings. The molecule has 0 fully saturated rings. The predicted molar refractivity (Wildman–Crippen MR) is 89.4 cm³/mol. The molecule has 1 aromatic heterocycles. The maximum Gasteiger partial charge on any atom is 0.270 e. The normalized spacial score (nSPS) is 10.7. The number of carbonyl (C=O) groups excluding carboxylic acids is 1. The first-order valence-corrected chi connectivity index (χ1v) is 8.03. The summed E-state index contributed by atoms with van der Waals surface area (Å²) in [6.07, 6.45) is 2.98. The van der Waals surface area contributed by atoms with E-state index in [1.807, 2.05) is 30.8 Å². The molecular weight excluding hydrogens is 328 g/mol. The fraction of sp³-hybridized carbons (Fsp3) is 0.353. The summed E-state index contributed by atoms with van der Waals surface area (Å²) in [4.78, 5) is 14.3. The molecule has 0 N–H and O–H groups in total. The Morgan fingerprint density at radius 2 is 1.81 bits per heavy atom. The third-order valence-electron chi connectivity index (χ3n) is 3.62. The molecule has 0 aliphatic heterocycles. The van der Waals surface area contributed by atoms with Crippen molar-refractivity contribution in [3.05, 3.63) is 57.8 Å². The second-order valence-corrected chi connectivity index (χ2v) is 6.08. The van der Waals surface area contributed by atoms with Crippen LogP contribution in [0.15, 0.2) is 41.0 Å². The van der Waals surface area contributed by atoms with Gasteiger partial charge in [0.1, 0.15) is 5.69 Å². The van der Waals surface area contributed by atoms with Gasteiger partial charge < -0.3 is 9.47 Å². The fourth-order valence-electron chi connectivity index (χ4n) is 2.34. The SMILES string of the molecule is CCc1ccc(CN(C)C(=O)c2cc(Br)cn2CC)cc1. The highest BCUT2D eigenvalue weighted by Gasteiger charge is 2.16. The number of aryl methyl sites for hydroxylation is 2. The number of amides is 1.